The number of nitrogens with zero attached hydrogens (tertiary/aromatic N) is 1. The van der Waals surface area contributed by atoms with Gasteiger partial charge in [-0.05, 0) is 37.3 Å². The summed E-state index contributed by atoms with van der Waals surface area (Å²) in [5.41, 5.74) is -2.03. The fraction of sp³-hybridized carbons (Fsp3) is 0.250. The summed E-state index contributed by atoms with van der Waals surface area (Å²) < 4.78 is 38.0. The van der Waals surface area contributed by atoms with E-state index >= 15 is 0 Å². The average molecular weight is 404 g/mol. The number of Topliss-reactive ketones (excluding diaryl/α,β-unsaturated/α-hetero) is 1. The lowest BCUT2D eigenvalue weighted by Crippen LogP contribution is -2.42. The quantitative estimate of drug-likeness (QED) is 0.591. The van der Waals surface area contributed by atoms with Crippen molar-refractivity contribution < 1.29 is 32.6 Å². The van der Waals surface area contributed by atoms with Crippen molar-refractivity contribution in [1.29, 1.82) is 0 Å². The lowest BCUT2D eigenvalue weighted by atomic mass is 9.91. The highest BCUT2D eigenvalue weighted by molar-refractivity contribution is 6.11. The molecule has 9 heteroatoms. The summed E-state index contributed by atoms with van der Waals surface area (Å²) in [4.78, 5) is 38.6. The predicted octanol–water partition coefficient (Wildman–Crippen LogP) is 2.63. The van der Waals surface area contributed by atoms with Gasteiger partial charge in [0.2, 0.25) is 0 Å². The number of halogens is 2. The summed E-state index contributed by atoms with van der Waals surface area (Å²) in [7, 11) is 2.82. The van der Waals surface area contributed by atoms with E-state index in [0.717, 1.165) is 18.2 Å². The standard InChI is InChI=1S/C20H18F2N2O5/c1-20(14-8-11(21)4-7-15(14)22)18(26)24(19(27)23-20)10-16(25)13-6-5-12(28-2)9-17(13)29-3/h4-9H,10H2,1-3H3,(H,23,27)/t20-/m1/s1. The molecule has 0 aliphatic carbocycles. The van der Waals surface area contributed by atoms with Gasteiger partial charge in [-0.3, -0.25) is 14.5 Å². The Bertz CT molecular complexity index is 1010. The molecule has 2 aromatic carbocycles. The van der Waals surface area contributed by atoms with Gasteiger partial charge in [-0.25, -0.2) is 13.6 Å². The fourth-order valence-corrected chi connectivity index (χ4v) is 3.16. The molecule has 0 spiro atoms. The number of ketones is 1. The number of hydrogen-bond donors (Lipinski definition) is 1. The molecule has 0 radical (unpaired) electrons. The molecule has 0 bridgehead atoms. The lowest BCUT2D eigenvalue weighted by Gasteiger charge is -2.22. The van der Waals surface area contributed by atoms with Gasteiger partial charge >= 0.3 is 6.03 Å². The van der Waals surface area contributed by atoms with E-state index < -0.39 is 41.4 Å². The molecule has 0 saturated carbocycles. The molecule has 7 nitrogen and oxygen atoms in total. The van der Waals surface area contributed by atoms with E-state index in [0.29, 0.717) is 10.6 Å². The van der Waals surface area contributed by atoms with Crippen molar-refractivity contribution in [2.24, 2.45) is 0 Å². The molecule has 1 N–H and O–H groups in total. The minimum absolute atomic E-state index is 0.138. The molecular weight excluding hydrogens is 386 g/mol. The van der Waals surface area contributed by atoms with Crippen LogP contribution in [0.2, 0.25) is 0 Å². The zero-order valence-electron chi connectivity index (χ0n) is 15.9. The average Bonchev–Trinajstić information content (AvgIpc) is 2.92. The third kappa shape index (κ3) is 3.51. The van der Waals surface area contributed by atoms with Crippen LogP contribution >= 0.6 is 0 Å². The van der Waals surface area contributed by atoms with E-state index in [1.54, 1.807) is 0 Å². The fourth-order valence-electron chi connectivity index (χ4n) is 3.16. The second-order valence-corrected chi connectivity index (χ2v) is 6.56. The number of methoxy groups -OCH3 is 2. The number of benzene rings is 2. The number of nitrogens with one attached hydrogen (secondary N) is 1. The van der Waals surface area contributed by atoms with Crippen LogP contribution in [0, 0.1) is 11.6 Å². The van der Waals surface area contributed by atoms with Crippen LogP contribution in [0.1, 0.15) is 22.8 Å². The smallest absolute Gasteiger partial charge is 0.325 e. The molecule has 0 unspecified atom stereocenters. The molecule has 1 heterocycles. The molecular formula is C20H18F2N2O5. The van der Waals surface area contributed by atoms with Crippen molar-refractivity contribution in [3.05, 3.63) is 59.2 Å². The van der Waals surface area contributed by atoms with Gasteiger partial charge in [-0.1, -0.05) is 0 Å². The molecule has 3 rings (SSSR count). The van der Waals surface area contributed by atoms with E-state index in [-0.39, 0.29) is 16.9 Å². The first kappa shape index (κ1) is 20.2. The number of urea groups is 1. The van der Waals surface area contributed by atoms with Crippen molar-refractivity contribution in [1.82, 2.24) is 10.2 Å². The zero-order valence-corrected chi connectivity index (χ0v) is 15.9. The number of hydrogen-bond acceptors (Lipinski definition) is 5. The van der Waals surface area contributed by atoms with E-state index in [1.807, 2.05) is 0 Å². The van der Waals surface area contributed by atoms with Crippen LogP contribution in [0.15, 0.2) is 36.4 Å². The minimum Gasteiger partial charge on any atom is -0.497 e. The SMILES string of the molecule is COc1ccc(C(=O)CN2C(=O)N[C@](C)(c3cc(F)ccc3F)C2=O)c(OC)c1. The number of ether oxygens (including phenoxy) is 2. The Morgan fingerprint density at radius 2 is 1.83 bits per heavy atom. The highest BCUT2D eigenvalue weighted by Crippen LogP contribution is 2.32. The summed E-state index contributed by atoms with van der Waals surface area (Å²) in [5.74, 6) is -2.39. The van der Waals surface area contributed by atoms with Gasteiger partial charge in [0.25, 0.3) is 5.91 Å². The molecule has 1 aliphatic heterocycles. The molecule has 1 atom stereocenters. The second kappa shape index (κ2) is 7.50. The monoisotopic (exact) mass is 404 g/mol. The van der Waals surface area contributed by atoms with Crippen LogP contribution in [0.3, 0.4) is 0 Å². The summed E-state index contributed by atoms with van der Waals surface area (Å²) in [6, 6.07) is 6.20. The van der Waals surface area contributed by atoms with Crippen LogP contribution in [0.4, 0.5) is 13.6 Å². The first-order valence-electron chi connectivity index (χ1n) is 8.56. The van der Waals surface area contributed by atoms with Crippen LogP contribution < -0.4 is 14.8 Å². The van der Waals surface area contributed by atoms with Crippen molar-refractivity contribution in [2.45, 2.75) is 12.5 Å². The normalized spacial score (nSPS) is 18.6. The Morgan fingerprint density at radius 3 is 2.48 bits per heavy atom. The Morgan fingerprint density at radius 1 is 1.10 bits per heavy atom. The molecule has 1 fully saturated rings. The van der Waals surface area contributed by atoms with Crippen molar-refractivity contribution in [3.63, 3.8) is 0 Å². The van der Waals surface area contributed by atoms with E-state index in [4.69, 9.17) is 9.47 Å². The van der Waals surface area contributed by atoms with E-state index in [2.05, 4.69) is 5.32 Å². The van der Waals surface area contributed by atoms with Gasteiger partial charge in [0, 0.05) is 11.6 Å². The minimum atomic E-state index is -1.84. The highest BCUT2D eigenvalue weighted by atomic mass is 19.1. The maximum absolute atomic E-state index is 14.2. The van der Waals surface area contributed by atoms with Crippen LogP contribution in [-0.4, -0.2) is 43.4 Å². The molecule has 1 aliphatic rings. The van der Waals surface area contributed by atoms with Gasteiger partial charge in [0.15, 0.2) is 5.78 Å². The Kier molecular flexibility index (Phi) is 5.23. The summed E-state index contributed by atoms with van der Waals surface area (Å²) in [5, 5.41) is 2.35. The number of carbonyl (C=O) groups excluding carboxylic acids is 3. The second-order valence-electron chi connectivity index (χ2n) is 6.56. The maximum Gasteiger partial charge on any atom is 0.325 e. The summed E-state index contributed by atoms with van der Waals surface area (Å²) >= 11 is 0. The van der Waals surface area contributed by atoms with Gasteiger partial charge in [-0.2, -0.15) is 0 Å². The number of rotatable bonds is 6. The highest BCUT2D eigenvalue weighted by Gasteiger charge is 2.51. The summed E-state index contributed by atoms with van der Waals surface area (Å²) in [6.07, 6.45) is 0. The topological polar surface area (TPSA) is 84.9 Å². The molecule has 2 aromatic rings. The first-order chi connectivity index (χ1) is 13.7. The molecule has 152 valence electrons. The van der Waals surface area contributed by atoms with Gasteiger partial charge < -0.3 is 14.8 Å². The van der Waals surface area contributed by atoms with Gasteiger partial charge in [0.05, 0.1) is 26.3 Å². The third-order valence-corrected chi connectivity index (χ3v) is 4.75. The predicted molar refractivity (Wildman–Crippen MR) is 97.8 cm³/mol. The third-order valence-electron chi connectivity index (χ3n) is 4.75. The van der Waals surface area contributed by atoms with E-state index in [1.165, 1.54) is 39.3 Å². The number of imide groups is 1. The number of carbonyl (C=O) groups is 3. The lowest BCUT2D eigenvalue weighted by molar-refractivity contribution is -0.130. The van der Waals surface area contributed by atoms with Crippen LogP contribution in [-0.2, 0) is 10.3 Å². The van der Waals surface area contributed by atoms with E-state index in [9.17, 15) is 23.2 Å². The number of amides is 3. The molecule has 3 amide bonds. The van der Waals surface area contributed by atoms with Crippen molar-refractivity contribution >= 4 is 17.7 Å². The molecule has 1 saturated heterocycles. The van der Waals surface area contributed by atoms with Crippen LogP contribution in [0.25, 0.3) is 0 Å². The Balaban J connectivity index is 1.89. The maximum atomic E-state index is 14.2. The Labute approximate surface area is 165 Å². The first-order valence-corrected chi connectivity index (χ1v) is 8.56. The van der Waals surface area contributed by atoms with Crippen molar-refractivity contribution in [2.75, 3.05) is 20.8 Å². The molecule has 0 aromatic heterocycles. The van der Waals surface area contributed by atoms with Gasteiger partial charge in [0.1, 0.15) is 28.7 Å². The molecule has 29 heavy (non-hydrogen) atoms. The largest absolute Gasteiger partial charge is 0.497 e. The summed E-state index contributed by atoms with van der Waals surface area (Å²) in [6.45, 7) is 0.656. The van der Waals surface area contributed by atoms with Crippen molar-refractivity contribution in [3.8, 4) is 11.5 Å². The van der Waals surface area contributed by atoms with Crippen LogP contribution in [0.5, 0.6) is 11.5 Å². The van der Waals surface area contributed by atoms with Gasteiger partial charge in [-0.15, -0.1) is 0 Å². The zero-order chi connectivity index (χ0) is 21.3. The Hall–Kier alpha value is -3.49.